The molecule has 148 valence electrons. The molecule has 1 unspecified atom stereocenters. The van der Waals surface area contributed by atoms with Crippen LogP contribution >= 0.6 is 15.9 Å². The maximum atomic E-state index is 12.9. The van der Waals surface area contributed by atoms with Gasteiger partial charge in [-0.25, -0.2) is 0 Å². The van der Waals surface area contributed by atoms with Gasteiger partial charge < -0.3 is 15.1 Å². The number of carbonyl (C=O) groups is 2. The van der Waals surface area contributed by atoms with E-state index in [4.69, 9.17) is 0 Å². The Labute approximate surface area is 170 Å². The van der Waals surface area contributed by atoms with Gasteiger partial charge in [0.1, 0.15) is 6.04 Å². The zero-order chi connectivity index (χ0) is 19.4. The van der Waals surface area contributed by atoms with Gasteiger partial charge in [0.15, 0.2) is 0 Å². The van der Waals surface area contributed by atoms with Crippen molar-refractivity contribution in [3.8, 4) is 0 Å². The van der Waals surface area contributed by atoms with E-state index in [0.717, 1.165) is 36.7 Å². The molecule has 0 aromatic heterocycles. The van der Waals surface area contributed by atoms with Crippen LogP contribution in [0.2, 0.25) is 0 Å². The molecule has 1 saturated carbocycles. The number of hydrogen-bond acceptors (Lipinski definition) is 3. The first-order valence-electron chi connectivity index (χ1n) is 9.89. The molecule has 1 aliphatic heterocycles. The van der Waals surface area contributed by atoms with Crippen molar-refractivity contribution in [2.45, 2.75) is 44.6 Å². The monoisotopic (exact) mass is 435 g/mol. The minimum Gasteiger partial charge on any atom is -0.354 e. The summed E-state index contributed by atoms with van der Waals surface area (Å²) in [5.74, 6) is -0.0491. The number of likely N-dealkylation sites (tertiary alicyclic amines) is 1. The van der Waals surface area contributed by atoms with E-state index in [1.54, 1.807) is 4.90 Å². The molecular formula is C21H30BrN3O2. The van der Waals surface area contributed by atoms with E-state index in [-0.39, 0.29) is 23.3 Å². The fourth-order valence-electron chi connectivity index (χ4n) is 4.62. The topological polar surface area (TPSA) is 52.7 Å². The second kappa shape index (κ2) is 8.74. The van der Waals surface area contributed by atoms with Gasteiger partial charge in [-0.3, -0.25) is 9.59 Å². The first-order valence-corrected chi connectivity index (χ1v) is 10.7. The highest BCUT2D eigenvalue weighted by atomic mass is 79.9. The lowest BCUT2D eigenvalue weighted by Crippen LogP contribution is -2.49. The third-order valence-corrected chi connectivity index (χ3v) is 6.39. The molecular weight excluding hydrogens is 406 g/mol. The molecule has 2 fully saturated rings. The van der Waals surface area contributed by atoms with Gasteiger partial charge in [0.25, 0.3) is 5.91 Å². The molecule has 5 nitrogen and oxygen atoms in total. The van der Waals surface area contributed by atoms with E-state index in [1.165, 1.54) is 12.8 Å². The molecule has 3 rings (SSSR count). The van der Waals surface area contributed by atoms with Crippen LogP contribution in [0.4, 0.5) is 0 Å². The molecule has 1 saturated heterocycles. The number of nitrogens with one attached hydrogen (secondary N) is 1. The van der Waals surface area contributed by atoms with Gasteiger partial charge >= 0.3 is 0 Å². The zero-order valence-electron chi connectivity index (χ0n) is 16.3. The highest BCUT2D eigenvalue weighted by molar-refractivity contribution is 9.10. The molecule has 1 atom stereocenters. The molecule has 2 aliphatic rings. The Morgan fingerprint density at radius 3 is 2.48 bits per heavy atom. The highest BCUT2D eigenvalue weighted by Crippen LogP contribution is 2.38. The first-order chi connectivity index (χ1) is 12.9. The third-order valence-electron chi connectivity index (χ3n) is 5.86. The van der Waals surface area contributed by atoms with Crippen molar-refractivity contribution in [1.29, 1.82) is 0 Å². The Morgan fingerprint density at radius 2 is 1.85 bits per heavy atom. The number of hydrogen-bond donors (Lipinski definition) is 1. The molecule has 0 spiro atoms. The second-order valence-electron chi connectivity index (χ2n) is 8.33. The molecule has 27 heavy (non-hydrogen) atoms. The fraction of sp³-hybridized carbons (Fsp3) is 0.619. The summed E-state index contributed by atoms with van der Waals surface area (Å²) in [6.07, 6.45) is 6.43. The SMILES string of the molecule is CN(C)CC1(CNC(=O)C2CCCN2C(=O)c2ccc(Br)cc2)CCCC1. The largest absolute Gasteiger partial charge is 0.354 e. The number of halogens is 1. The Bertz CT molecular complexity index is 669. The van der Waals surface area contributed by atoms with Crippen molar-refractivity contribution >= 4 is 27.7 Å². The molecule has 0 bridgehead atoms. The maximum absolute atomic E-state index is 12.9. The number of amides is 2. The van der Waals surface area contributed by atoms with Crippen molar-refractivity contribution in [2.75, 3.05) is 33.7 Å². The number of rotatable bonds is 6. The van der Waals surface area contributed by atoms with E-state index in [1.807, 2.05) is 24.3 Å². The quantitative estimate of drug-likeness (QED) is 0.745. The second-order valence-corrected chi connectivity index (χ2v) is 9.24. The van der Waals surface area contributed by atoms with Crippen LogP contribution in [0.1, 0.15) is 48.9 Å². The van der Waals surface area contributed by atoms with Gasteiger partial charge in [-0.2, -0.15) is 0 Å². The normalized spacial score (nSPS) is 21.6. The van der Waals surface area contributed by atoms with E-state index < -0.39 is 0 Å². The number of benzene rings is 1. The Morgan fingerprint density at radius 1 is 1.19 bits per heavy atom. The lowest BCUT2D eigenvalue weighted by molar-refractivity contribution is -0.125. The first kappa shape index (κ1) is 20.3. The predicted octanol–water partition coefficient (Wildman–Crippen LogP) is 3.29. The molecule has 0 radical (unpaired) electrons. The average Bonchev–Trinajstić information content (AvgIpc) is 3.29. The smallest absolute Gasteiger partial charge is 0.254 e. The van der Waals surface area contributed by atoms with Crippen molar-refractivity contribution < 1.29 is 9.59 Å². The summed E-state index contributed by atoms with van der Waals surface area (Å²) in [7, 11) is 4.19. The van der Waals surface area contributed by atoms with Crippen LogP contribution in [0.5, 0.6) is 0 Å². The maximum Gasteiger partial charge on any atom is 0.254 e. The summed E-state index contributed by atoms with van der Waals surface area (Å²) in [4.78, 5) is 29.7. The molecule has 1 aromatic carbocycles. The van der Waals surface area contributed by atoms with Crippen molar-refractivity contribution in [3.05, 3.63) is 34.3 Å². The summed E-state index contributed by atoms with van der Waals surface area (Å²) in [6, 6.07) is 7.00. The Hall–Kier alpha value is -1.40. The zero-order valence-corrected chi connectivity index (χ0v) is 17.9. The molecule has 2 amide bonds. The van der Waals surface area contributed by atoms with Gasteiger partial charge in [0, 0.05) is 35.1 Å². The number of carbonyl (C=O) groups excluding carboxylic acids is 2. The van der Waals surface area contributed by atoms with E-state index >= 15 is 0 Å². The van der Waals surface area contributed by atoms with E-state index in [9.17, 15) is 9.59 Å². The fourth-order valence-corrected chi connectivity index (χ4v) is 4.88. The minimum atomic E-state index is -0.348. The van der Waals surface area contributed by atoms with Crippen molar-refractivity contribution in [3.63, 3.8) is 0 Å². The lowest BCUT2D eigenvalue weighted by atomic mass is 9.85. The molecule has 1 heterocycles. The third kappa shape index (κ3) is 4.91. The van der Waals surface area contributed by atoms with Crippen LogP contribution in [-0.2, 0) is 4.79 Å². The van der Waals surface area contributed by atoms with Crippen LogP contribution in [0.25, 0.3) is 0 Å². The number of nitrogens with zero attached hydrogens (tertiary/aromatic N) is 2. The van der Waals surface area contributed by atoms with Crippen LogP contribution in [-0.4, -0.2) is 61.4 Å². The summed E-state index contributed by atoms with van der Waals surface area (Å²) in [5, 5.41) is 3.19. The van der Waals surface area contributed by atoms with Crippen LogP contribution in [0.3, 0.4) is 0 Å². The van der Waals surface area contributed by atoms with Gasteiger partial charge in [-0.05, 0) is 64.0 Å². The van der Waals surface area contributed by atoms with Gasteiger partial charge in [0.05, 0.1) is 0 Å². The Kier molecular flexibility index (Phi) is 6.58. The van der Waals surface area contributed by atoms with Gasteiger partial charge in [-0.1, -0.05) is 28.8 Å². The standard InChI is InChI=1S/C21H30BrN3O2/c1-24(2)15-21(11-3-4-12-21)14-23-19(26)18-6-5-13-25(18)20(27)16-7-9-17(22)10-8-16/h7-10,18H,3-6,11-15H2,1-2H3,(H,23,26). The lowest BCUT2D eigenvalue weighted by Gasteiger charge is -2.33. The van der Waals surface area contributed by atoms with Crippen molar-refractivity contribution in [1.82, 2.24) is 15.1 Å². The Balaban J connectivity index is 1.63. The average molecular weight is 436 g/mol. The predicted molar refractivity (Wildman–Crippen MR) is 111 cm³/mol. The van der Waals surface area contributed by atoms with Gasteiger partial charge in [0.2, 0.25) is 5.91 Å². The molecule has 1 N–H and O–H groups in total. The molecule has 6 heteroatoms. The van der Waals surface area contributed by atoms with Crippen molar-refractivity contribution in [2.24, 2.45) is 5.41 Å². The summed E-state index contributed by atoms with van der Waals surface area (Å²) in [6.45, 7) is 2.36. The molecule has 1 aliphatic carbocycles. The summed E-state index contributed by atoms with van der Waals surface area (Å²) >= 11 is 3.40. The summed E-state index contributed by atoms with van der Waals surface area (Å²) < 4.78 is 0.942. The highest BCUT2D eigenvalue weighted by Gasteiger charge is 2.38. The van der Waals surface area contributed by atoms with Gasteiger partial charge in [-0.15, -0.1) is 0 Å². The van der Waals surface area contributed by atoms with E-state index in [2.05, 4.69) is 40.2 Å². The van der Waals surface area contributed by atoms with Crippen LogP contribution < -0.4 is 5.32 Å². The minimum absolute atomic E-state index is 0.00277. The van der Waals surface area contributed by atoms with E-state index in [0.29, 0.717) is 18.7 Å². The summed E-state index contributed by atoms with van der Waals surface area (Å²) in [5.41, 5.74) is 0.816. The molecule has 1 aromatic rings. The van der Waals surface area contributed by atoms with Crippen LogP contribution in [0.15, 0.2) is 28.7 Å². The van der Waals surface area contributed by atoms with Crippen LogP contribution in [0, 0.1) is 5.41 Å².